The first-order valence-electron chi connectivity index (χ1n) is 12.7. The molecule has 0 saturated carbocycles. The van der Waals surface area contributed by atoms with Crippen molar-refractivity contribution in [1.82, 2.24) is 15.5 Å². The quantitative estimate of drug-likeness (QED) is 0.460. The first kappa shape index (κ1) is 29.2. The van der Waals surface area contributed by atoms with Crippen molar-refractivity contribution in [3.63, 3.8) is 0 Å². The summed E-state index contributed by atoms with van der Waals surface area (Å²) in [6, 6.07) is 10.5. The third-order valence-corrected chi connectivity index (χ3v) is 7.22. The van der Waals surface area contributed by atoms with Crippen LogP contribution < -0.4 is 10.6 Å². The molecule has 12 heteroatoms. The number of carbonyl (C=O) groups excluding carboxylic acids is 1. The Morgan fingerprint density at radius 1 is 1.08 bits per heavy atom. The van der Waals surface area contributed by atoms with Crippen molar-refractivity contribution in [2.24, 2.45) is 0 Å². The molecular weight excluding hydrogens is 528 g/mol. The standard InChI is InChI=1S/C27H31F6N3O3/c1-18(19-13-21(26(28,29)30)15-22(14-19)27(31,32)33)39-17-25(20-5-3-2-4-6-20)8-7-23(16-34-25)35-24(37)36-9-11-38-12-10-36/h2-6,13-15,18,23,34H,7-12,16-17H2,1H3,(H,35,37)/t18?,23-,25?/m0/s1. The van der Waals surface area contributed by atoms with Crippen molar-refractivity contribution in [3.8, 4) is 0 Å². The van der Waals surface area contributed by atoms with E-state index < -0.39 is 35.1 Å². The topological polar surface area (TPSA) is 62.8 Å². The highest BCUT2D eigenvalue weighted by Crippen LogP contribution is 2.39. The van der Waals surface area contributed by atoms with Gasteiger partial charge in [0.25, 0.3) is 0 Å². The summed E-state index contributed by atoms with van der Waals surface area (Å²) in [5, 5.41) is 6.47. The van der Waals surface area contributed by atoms with Crippen LogP contribution in [0.4, 0.5) is 31.1 Å². The minimum absolute atomic E-state index is 0.0000923. The maximum absolute atomic E-state index is 13.3. The maximum Gasteiger partial charge on any atom is 0.416 e. The van der Waals surface area contributed by atoms with Crippen LogP contribution in [0.3, 0.4) is 0 Å². The van der Waals surface area contributed by atoms with Gasteiger partial charge in [0.1, 0.15) is 0 Å². The summed E-state index contributed by atoms with van der Waals surface area (Å²) >= 11 is 0. The molecule has 6 nitrogen and oxygen atoms in total. The predicted molar refractivity (Wildman–Crippen MR) is 131 cm³/mol. The van der Waals surface area contributed by atoms with Gasteiger partial charge in [-0.1, -0.05) is 30.3 Å². The first-order valence-corrected chi connectivity index (χ1v) is 12.7. The Balaban J connectivity index is 1.48. The third kappa shape index (κ3) is 7.23. The van der Waals surface area contributed by atoms with Gasteiger partial charge >= 0.3 is 18.4 Å². The summed E-state index contributed by atoms with van der Waals surface area (Å²) in [5.74, 6) is 0. The van der Waals surface area contributed by atoms with Gasteiger partial charge in [-0.2, -0.15) is 26.3 Å². The van der Waals surface area contributed by atoms with Crippen molar-refractivity contribution >= 4 is 6.03 Å². The van der Waals surface area contributed by atoms with E-state index in [1.807, 2.05) is 30.3 Å². The molecule has 3 atom stereocenters. The molecule has 2 N–H and O–H groups in total. The number of urea groups is 1. The summed E-state index contributed by atoms with van der Waals surface area (Å²) in [4.78, 5) is 14.3. The maximum atomic E-state index is 13.3. The molecule has 2 aromatic rings. The third-order valence-electron chi connectivity index (χ3n) is 7.22. The van der Waals surface area contributed by atoms with Crippen molar-refractivity contribution in [1.29, 1.82) is 0 Å². The van der Waals surface area contributed by atoms with Gasteiger partial charge in [0.2, 0.25) is 0 Å². The zero-order valence-electron chi connectivity index (χ0n) is 21.4. The van der Waals surface area contributed by atoms with E-state index in [0.29, 0.717) is 57.8 Å². The molecule has 0 spiro atoms. The van der Waals surface area contributed by atoms with Crippen LogP contribution in [0.1, 0.15) is 48.1 Å². The molecule has 0 aliphatic carbocycles. The van der Waals surface area contributed by atoms with Crippen LogP contribution in [0.15, 0.2) is 48.5 Å². The smallest absolute Gasteiger partial charge is 0.378 e. The summed E-state index contributed by atoms with van der Waals surface area (Å²) in [6.45, 7) is 3.83. The molecule has 39 heavy (non-hydrogen) atoms. The molecule has 2 heterocycles. The van der Waals surface area contributed by atoms with Crippen molar-refractivity contribution in [3.05, 3.63) is 70.8 Å². The number of hydrogen-bond donors (Lipinski definition) is 2. The van der Waals surface area contributed by atoms with Gasteiger partial charge in [-0.05, 0) is 49.1 Å². The van der Waals surface area contributed by atoms with Gasteiger partial charge in [-0.25, -0.2) is 4.79 Å². The van der Waals surface area contributed by atoms with Crippen LogP contribution in [0.2, 0.25) is 0 Å². The molecule has 2 aromatic carbocycles. The van der Waals surface area contributed by atoms with Gasteiger partial charge in [0.15, 0.2) is 0 Å². The lowest BCUT2D eigenvalue weighted by atomic mass is 9.81. The summed E-state index contributed by atoms with van der Waals surface area (Å²) in [5.41, 5.74) is -2.85. The summed E-state index contributed by atoms with van der Waals surface area (Å²) in [7, 11) is 0. The lowest BCUT2D eigenvalue weighted by Gasteiger charge is -2.42. The van der Waals surface area contributed by atoms with Crippen LogP contribution in [0, 0.1) is 0 Å². The van der Waals surface area contributed by atoms with E-state index in [4.69, 9.17) is 9.47 Å². The molecule has 2 unspecified atom stereocenters. The van der Waals surface area contributed by atoms with Crippen LogP contribution in [0.25, 0.3) is 0 Å². The minimum atomic E-state index is -4.94. The summed E-state index contributed by atoms with van der Waals surface area (Å²) in [6.07, 6.45) is -9.81. The van der Waals surface area contributed by atoms with Crippen LogP contribution >= 0.6 is 0 Å². The predicted octanol–water partition coefficient (Wildman–Crippen LogP) is 5.49. The van der Waals surface area contributed by atoms with E-state index in [9.17, 15) is 31.1 Å². The second-order valence-electron chi connectivity index (χ2n) is 9.91. The molecule has 0 aromatic heterocycles. The zero-order chi connectivity index (χ0) is 28.3. The van der Waals surface area contributed by atoms with Crippen molar-refractivity contribution in [2.75, 3.05) is 39.5 Å². The van der Waals surface area contributed by atoms with E-state index in [0.717, 1.165) is 5.56 Å². The Morgan fingerprint density at radius 2 is 1.69 bits per heavy atom. The minimum Gasteiger partial charge on any atom is -0.378 e. The number of carbonyl (C=O) groups is 1. The number of rotatable bonds is 6. The number of ether oxygens (including phenoxy) is 2. The zero-order valence-corrected chi connectivity index (χ0v) is 21.4. The molecular formula is C27H31F6N3O3. The first-order chi connectivity index (χ1) is 18.4. The largest absolute Gasteiger partial charge is 0.416 e. The lowest BCUT2D eigenvalue weighted by molar-refractivity contribution is -0.143. The fourth-order valence-corrected chi connectivity index (χ4v) is 4.87. The Morgan fingerprint density at radius 3 is 2.23 bits per heavy atom. The molecule has 214 valence electrons. The van der Waals surface area contributed by atoms with Crippen LogP contribution in [0.5, 0.6) is 0 Å². The number of nitrogens with one attached hydrogen (secondary N) is 2. The number of morpholine rings is 1. The lowest BCUT2D eigenvalue weighted by Crippen LogP contribution is -2.59. The Hall–Kier alpha value is -2.83. The van der Waals surface area contributed by atoms with Gasteiger partial charge < -0.3 is 25.0 Å². The molecule has 0 radical (unpaired) electrons. The molecule has 2 amide bonds. The van der Waals surface area contributed by atoms with Crippen molar-refractivity contribution < 1.29 is 40.6 Å². The van der Waals surface area contributed by atoms with Crippen molar-refractivity contribution in [2.45, 2.75) is 49.8 Å². The normalized spacial score (nSPS) is 23.4. The average molecular weight is 560 g/mol. The number of hydrogen-bond acceptors (Lipinski definition) is 4. The number of nitrogens with zero attached hydrogens (tertiary/aromatic N) is 1. The average Bonchev–Trinajstić information content (AvgIpc) is 2.92. The second kappa shape index (κ2) is 11.7. The highest BCUT2D eigenvalue weighted by atomic mass is 19.4. The molecule has 2 fully saturated rings. The SMILES string of the molecule is CC(OCC1(c2ccccc2)CC[C@H](NC(=O)N2CCOCC2)CN1)c1cc(C(F)(F)F)cc(C(F)(F)F)c1. The highest BCUT2D eigenvalue weighted by Gasteiger charge is 2.40. The molecule has 2 aliphatic heterocycles. The van der Waals surface area contributed by atoms with Crippen LogP contribution in [-0.2, 0) is 27.4 Å². The van der Waals surface area contributed by atoms with E-state index in [1.54, 1.807) is 4.90 Å². The van der Waals surface area contributed by atoms with Gasteiger partial charge in [-0.15, -0.1) is 0 Å². The van der Waals surface area contributed by atoms with Gasteiger partial charge in [0, 0.05) is 25.7 Å². The number of alkyl halides is 6. The molecule has 2 aliphatic rings. The Labute approximate surface area is 222 Å². The van der Waals surface area contributed by atoms with Gasteiger partial charge in [-0.3, -0.25) is 0 Å². The molecule has 4 rings (SSSR count). The Kier molecular flexibility index (Phi) is 8.77. The fourth-order valence-electron chi connectivity index (χ4n) is 4.87. The Bertz CT molecular complexity index is 1080. The van der Waals surface area contributed by atoms with E-state index in [1.165, 1.54) is 6.92 Å². The monoisotopic (exact) mass is 559 g/mol. The number of halogens is 6. The second-order valence-corrected chi connectivity index (χ2v) is 9.91. The molecule has 0 bridgehead atoms. The number of amides is 2. The van der Waals surface area contributed by atoms with E-state index >= 15 is 0 Å². The van der Waals surface area contributed by atoms with E-state index in [-0.39, 0.29) is 30.3 Å². The van der Waals surface area contributed by atoms with Gasteiger partial charge in [0.05, 0.1) is 42.6 Å². The number of piperidine rings is 1. The molecule has 2 saturated heterocycles. The number of benzene rings is 2. The summed E-state index contributed by atoms with van der Waals surface area (Å²) < 4.78 is 91.3. The van der Waals surface area contributed by atoms with E-state index in [2.05, 4.69) is 10.6 Å². The fraction of sp³-hybridized carbons (Fsp3) is 0.519. The van der Waals surface area contributed by atoms with Crippen LogP contribution in [-0.4, -0.2) is 56.4 Å². The highest BCUT2D eigenvalue weighted by molar-refractivity contribution is 5.74.